The number of nitrogens with zero attached hydrogens (tertiary/aromatic N) is 1. The Morgan fingerprint density at radius 2 is 2.00 bits per heavy atom. The van der Waals surface area contributed by atoms with Gasteiger partial charge in [0.2, 0.25) is 5.91 Å². The molecule has 0 saturated carbocycles. The maximum atomic E-state index is 12.5. The van der Waals surface area contributed by atoms with E-state index < -0.39 is 0 Å². The third-order valence-electron chi connectivity index (χ3n) is 4.47. The van der Waals surface area contributed by atoms with E-state index in [1.165, 1.54) is 5.56 Å². The fourth-order valence-electron chi connectivity index (χ4n) is 2.91. The first-order chi connectivity index (χ1) is 12.4. The first kappa shape index (κ1) is 20.3. The van der Waals surface area contributed by atoms with Gasteiger partial charge < -0.3 is 10.1 Å². The smallest absolute Gasteiger partial charge is 0.238 e. The van der Waals surface area contributed by atoms with E-state index >= 15 is 0 Å². The number of para-hydroxylation sites is 1. The van der Waals surface area contributed by atoms with Crippen LogP contribution < -0.4 is 10.1 Å². The van der Waals surface area contributed by atoms with E-state index in [4.69, 9.17) is 16.3 Å². The molecule has 26 heavy (non-hydrogen) atoms. The predicted molar refractivity (Wildman–Crippen MR) is 108 cm³/mol. The van der Waals surface area contributed by atoms with E-state index in [9.17, 15) is 4.79 Å². The van der Waals surface area contributed by atoms with Crippen molar-refractivity contribution in [2.24, 2.45) is 0 Å². The standard InChI is InChI=1S/C21H27ClN2O2/c1-5-15(2)18-8-6-7-9-19(18)23-21(25)14-24(3)13-16-12-17(22)10-11-20(16)26-4/h6-12,15H,5,13-14H2,1-4H3,(H,23,25)/t15-/m1/s1. The fraction of sp³-hybridized carbons (Fsp3) is 0.381. The lowest BCUT2D eigenvalue weighted by atomic mass is 9.97. The molecule has 0 heterocycles. The maximum Gasteiger partial charge on any atom is 0.238 e. The third kappa shape index (κ3) is 5.48. The molecular weight excluding hydrogens is 348 g/mol. The van der Waals surface area contributed by atoms with Gasteiger partial charge in [0.15, 0.2) is 0 Å². The van der Waals surface area contributed by atoms with Gasteiger partial charge in [-0.1, -0.05) is 43.6 Å². The van der Waals surface area contributed by atoms with Gasteiger partial charge in [0.25, 0.3) is 0 Å². The van der Waals surface area contributed by atoms with Crippen LogP contribution in [-0.4, -0.2) is 31.5 Å². The minimum atomic E-state index is -0.0377. The zero-order valence-corrected chi connectivity index (χ0v) is 16.6. The van der Waals surface area contributed by atoms with Gasteiger partial charge in [-0.05, 0) is 49.2 Å². The number of hydrogen-bond donors (Lipinski definition) is 1. The molecule has 140 valence electrons. The van der Waals surface area contributed by atoms with Crippen molar-refractivity contribution in [3.63, 3.8) is 0 Å². The average Bonchev–Trinajstić information content (AvgIpc) is 2.61. The molecule has 0 bridgehead atoms. The van der Waals surface area contributed by atoms with Crippen molar-refractivity contribution in [3.8, 4) is 5.75 Å². The van der Waals surface area contributed by atoms with E-state index in [2.05, 4.69) is 25.2 Å². The minimum Gasteiger partial charge on any atom is -0.496 e. The van der Waals surface area contributed by atoms with Crippen LogP contribution in [0.2, 0.25) is 5.02 Å². The number of methoxy groups -OCH3 is 1. The number of rotatable bonds is 8. The Balaban J connectivity index is 2.01. The lowest BCUT2D eigenvalue weighted by molar-refractivity contribution is -0.117. The van der Waals surface area contributed by atoms with Crippen molar-refractivity contribution in [3.05, 3.63) is 58.6 Å². The minimum absolute atomic E-state index is 0.0377. The summed E-state index contributed by atoms with van der Waals surface area (Å²) in [6.07, 6.45) is 1.03. The zero-order valence-electron chi connectivity index (χ0n) is 15.9. The fourth-order valence-corrected chi connectivity index (χ4v) is 3.11. The summed E-state index contributed by atoms with van der Waals surface area (Å²) in [6, 6.07) is 13.5. The normalized spacial score (nSPS) is 12.1. The van der Waals surface area contributed by atoms with Gasteiger partial charge in [-0.2, -0.15) is 0 Å². The van der Waals surface area contributed by atoms with Crippen LogP contribution in [0, 0.1) is 0 Å². The highest BCUT2D eigenvalue weighted by Gasteiger charge is 2.14. The van der Waals surface area contributed by atoms with Crippen LogP contribution in [0.25, 0.3) is 0 Å². The molecule has 0 aliphatic rings. The van der Waals surface area contributed by atoms with Gasteiger partial charge in [0, 0.05) is 22.8 Å². The van der Waals surface area contributed by atoms with Crippen LogP contribution in [0.5, 0.6) is 5.75 Å². The van der Waals surface area contributed by atoms with Crippen molar-refractivity contribution >= 4 is 23.2 Å². The molecule has 0 aliphatic carbocycles. The molecule has 2 aromatic carbocycles. The largest absolute Gasteiger partial charge is 0.496 e. The monoisotopic (exact) mass is 374 g/mol. The predicted octanol–water partition coefficient (Wildman–Crippen LogP) is 4.93. The SMILES string of the molecule is CC[C@@H](C)c1ccccc1NC(=O)CN(C)Cc1cc(Cl)ccc1OC. The number of nitrogens with one attached hydrogen (secondary N) is 1. The summed E-state index contributed by atoms with van der Waals surface area (Å²) < 4.78 is 5.37. The molecule has 0 aromatic heterocycles. The Bertz CT molecular complexity index is 749. The van der Waals surface area contributed by atoms with Crippen molar-refractivity contribution in [2.45, 2.75) is 32.7 Å². The second-order valence-corrected chi connectivity index (χ2v) is 7.01. The lowest BCUT2D eigenvalue weighted by Crippen LogP contribution is -2.30. The second kappa shape index (κ2) is 9.60. The molecule has 0 unspecified atom stereocenters. The van der Waals surface area contributed by atoms with Gasteiger partial charge in [-0.3, -0.25) is 9.69 Å². The zero-order chi connectivity index (χ0) is 19.1. The average molecular weight is 375 g/mol. The molecule has 1 amide bonds. The third-order valence-corrected chi connectivity index (χ3v) is 4.71. The highest BCUT2D eigenvalue weighted by molar-refractivity contribution is 6.30. The summed E-state index contributed by atoms with van der Waals surface area (Å²) in [6.45, 7) is 5.17. The van der Waals surface area contributed by atoms with E-state index in [0.29, 0.717) is 17.5 Å². The first-order valence-corrected chi connectivity index (χ1v) is 9.22. The molecule has 1 N–H and O–H groups in total. The number of anilines is 1. The number of benzene rings is 2. The van der Waals surface area contributed by atoms with Gasteiger partial charge in [0.05, 0.1) is 13.7 Å². The number of hydrogen-bond acceptors (Lipinski definition) is 3. The number of likely N-dealkylation sites (N-methyl/N-ethyl adjacent to an activating group) is 1. The van der Waals surface area contributed by atoms with Crippen LogP contribution in [0.3, 0.4) is 0 Å². The van der Waals surface area contributed by atoms with E-state index in [1.54, 1.807) is 13.2 Å². The van der Waals surface area contributed by atoms with Crippen molar-refractivity contribution in [1.82, 2.24) is 4.90 Å². The number of carbonyl (C=O) groups excluding carboxylic acids is 1. The summed E-state index contributed by atoms with van der Waals surface area (Å²) in [5, 5.41) is 3.70. The molecule has 0 saturated heterocycles. The Kier molecular flexibility index (Phi) is 7.49. The molecule has 0 aliphatic heterocycles. The molecule has 2 rings (SSSR count). The quantitative estimate of drug-likeness (QED) is 0.712. The summed E-state index contributed by atoms with van der Waals surface area (Å²) in [4.78, 5) is 14.4. The van der Waals surface area contributed by atoms with Gasteiger partial charge >= 0.3 is 0 Å². The molecule has 0 spiro atoms. The topological polar surface area (TPSA) is 41.6 Å². The first-order valence-electron chi connectivity index (χ1n) is 8.84. The summed E-state index contributed by atoms with van der Waals surface area (Å²) in [5.41, 5.74) is 3.01. The summed E-state index contributed by atoms with van der Waals surface area (Å²) in [5.74, 6) is 1.13. The Morgan fingerprint density at radius 3 is 2.69 bits per heavy atom. The van der Waals surface area contributed by atoms with Crippen molar-refractivity contribution < 1.29 is 9.53 Å². The van der Waals surface area contributed by atoms with Crippen molar-refractivity contribution in [2.75, 3.05) is 26.0 Å². The molecule has 5 heteroatoms. The molecular formula is C21H27ClN2O2. The highest BCUT2D eigenvalue weighted by atomic mass is 35.5. The molecule has 4 nitrogen and oxygen atoms in total. The van der Waals surface area contributed by atoms with Crippen LogP contribution in [-0.2, 0) is 11.3 Å². The number of halogens is 1. The maximum absolute atomic E-state index is 12.5. The van der Waals surface area contributed by atoms with Crippen LogP contribution in [0.1, 0.15) is 37.3 Å². The Labute approximate surface area is 161 Å². The van der Waals surface area contributed by atoms with Gasteiger partial charge in [-0.15, -0.1) is 0 Å². The molecule has 0 fully saturated rings. The highest BCUT2D eigenvalue weighted by Crippen LogP contribution is 2.27. The van der Waals surface area contributed by atoms with Gasteiger partial charge in [0.1, 0.15) is 5.75 Å². The van der Waals surface area contributed by atoms with Crippen LogP contribution in [0.15, 0.2) is 42.5 Å². The van der Waals surface area contributed by atoms with Crippen molar-refractivity contribution in [1.29, 1.82) is 0 Å². The van der Waals surface area contributed by atoms with Gasteiger partial charge in [-0.25, -0.2) is 0 Å². The number of amides is 1. The van der Waals surface area contributed by atoms with Crippen LogP contribution >= 0.6 is 11.6 Å². The second-order valence-electron chi connectivity index (χ2n) is 6.57. The molecule has 2 aromatic rings. The van der Waals surface area contributed by atoms with E-state index in [0.717, 1.165) is 23.4 Å². The lowest BCUT2D eigenvalue weighted by Gasteiger charge is -2.20. The molecule has 1 atom stereocenters. The number of carbonyl (C=O) groups is 1. The summed E-state index contributed by atoms with van der Waals surface area (Å²) >= 11 is 6.08. The Hall–Kier alpha value is -2.04. The van der Waals surface area contributed by atoms with Crippen LogP contribution in [0.4, 0.5) is 5.69 Å². The van der Waals surface area contributed by atoms with E-state index in [1.807, 2.05) is 42.3 Å². The number of ether oxygens (including phenoxy) is 1. The summed E-state index contributed by atoms with van der Waals surface area (Å²) in [7, 11) is 3.53. The van der Waals surface area contributed by atoms with E-state index in [-0.39, 0.29) is 12.5 Å². The molecule has 0 radical (unpaired) electrons. The Morgan fingerprint density at radius 1 is 1.27 bits per heavy atom.